The summed E-state index contributed by atoms with van der Waals surface area (Å²) >= 11 is 0. The minimum Gasteiger partial charge on any atom is -0.450 e. The molecule has 0 unspecified atom stereocenters. The lowest BCUT2D eigenvalue weighted by Crippen LogP contribution is -2.51. The van der Waals surface area contributed by atoms with Crippen LogP contribution >= 0.6 is 0 Å². The third-order valence-corrected chi connectivity index (χ3v) is 5.41. The summed E-state index contributed by atoms with van der Waals surface area (Å²) < 4.78 is 5.01. The molecular formula is C22H26N4O3. The monoisotopic (exact) mass is 394 g/mol. The van der Waals surface area contributed by atoms with Crippen molar-refractivity contribution in [3.05, 3.63) is 54.1 Å². The largest absolute Gasteiger partial charge is 0.450 e. The lowest BCUT2D eigenvalue weighted by atomic mass is 10.2. The molecular weight excluding hydrogens is 368 g/mol. The normalized spacial score (nSPS) is 15.8. The summed E-state index contributed by atoms with van der Waals surface area (Å²) in [6, 6.07) is 16.3. The van der Waals surface area contributed by atoms with Crippen LogP contribution in [0.5, 0.6) is 0 Å². The number of hydrogen-bond donors (Lipinski definition) is 1. The van der Waals surface area contributed by atoms with Crippen molar-refractivity contribution in [1.29, 1.82) is 0 Å². The van der Waals surface area contributed by atoms with E-state index in [2.05, 4.69) is 34.5 Å². The van der Waals surface area contributed by atoms with Gasteiger partial charge in [-0.3, -0.25) is 0 Å². The number of para-hydroxylation sites is 1. The topological polar surface area (TPSA) is 65.1 Å². The minimum absolute atomic E-state index is 0.146. The fourth-order valence-electron chi connectivity index (χ4n) is 3.84. The third kappa shape index (κ3) is 4.13. The van der Waals surface area contributed by atoms with E-state index in [0.717, 1.165) is 24.3 Å². The van der Waals surface area contributed by atoms with Gasteiger partial charge in [0.2, 0.25) is 0 Å². The standard InChI is InChI=1S/C22H26N4O3/c1-2-29-22(28)25-15-13-24(14-16-25)21(27)23-18-7-9-19(10-8-18)26-12-11-17-5-3-4-6-20(17)26/h3-10H,2,11-16H2,1H3,(H,23,27). The van der Waals surface area contributed by atoms with Crippen molar-refractivity contribution in [3.63, 3.8) is 0 Å². The molecule has 4 rings (SSSR count). The molecule has 1 saturated heterocycles. The molecule has 152 valence electrons. The maximum absolute atomic E-state index is 12.5. The molecule has 3 amide bonds. The molecule has 2 aromatic rings. The first-order valence-electron chi connectivity index (χ1n) is 10.1. The molecule has 0 atom stereocenters. The Balaban J connectivity index is 1.33. The maximum Gasteiger partial charge on any atom is 0.409 e. The Morgan fingerprint density at radius 1 is 0.931 bits per heavy atom. The van der Waals surface area contributed by atoms with Crippen molar-refractivity contribution in [3.8, 4) is 0 Å². The number of rotatable bonds is 3. The molecule has 0 bridgehead atoms. The van der Waals surface area contributed by atoms with Crippen molar-refractivity contribution in [2.75, 3.05) is 49.5 Å². The van der Waals surface area contributed by atoms with Gasteiger partial charge < -0.3 is 24.8 Å². The van der Waals surface area contributed by atoms with Crippen LogP contribution in [0.2, 0.25) is 0 Å². The summed E-state index contributed by atoms with van der Waals surface area (Å²) in [6.07, 6.45) is 0.735. The molecule has 2 aromatic carbocycles. The van der Waals surface area contributed by atoms with Gasteiger partial charge in [0.15, 0.2) is 0 Å². The number of fused-ring (bicyclic) bond motifs is 1. The van der Waals surface area contributed by atoms with Gasteiger partial charge in [-0.25, -0.2) is 9.59 Å². The van der Waals surface area contributed by atoms with Crippen molar-refractivity contribution in [2.24, 2.45) is 0 Å². The zero-order valence-corrected chi connectivity index (χ0v) is 16.6. The van der Waals surface area contributed by atoms with Gasteiger partial charge in [-0.15, -0.1) is 0 Å². The highest BCUT2D eigenvalue weighted by Crippen LogP contribution is 2.34. The quantitative estimate of drug-likeness (QED) is 0.862. The number of nitrogens with one attached hydrogen (secondary N) is 1. The van der Waals surface area contributed by atoms with Crippen LogP contribution in [-0.2, 0) is 11.2 Å². The fraction of sp³-hybridized carbons (Fsp3) is 0.364. The zero-order valence-electron chi connectivity index (χ0n) is 16.6. The first kappa shape index (κ1) is 19.1. The summed E-state index contributed by atoms with van der Waals surface area (Å²) in [5.41, 5.74) is 4.51. The van der Waals surface area contributed by atoms with Gasteiger partial charge in [0, 0.05) is 49.8 Å². The van der Waals surface area contributed by atoms with Crippen LogP contribution in [0.4, 0.5) is 26.7 Å². The van der Waals surface area contributed by atoms with Crippen LogP contribution in [0.25, 0.3) is 0 Å². The number of anilines is 3. The van der Waals surface area contributed by atoms with E-state index in [-0.39, 0.29) is 12.1 Å². The number of nitrogens with zero attached hydrogens (tertiary/aromatic N) is 3. The van der Waals surface area contributed by atoms with Gasteiger partial charge in [0.1, 0.15) is 0 Å². The first-order chi connectivity index (χ1) is 14.2. The first-order valence-corrected chi connectivity index (χ1v) is 10.1. The van der Waals surface area contributed by atoms with Crippen molar-refractivity contribution >= 4 is 29.2 Å². The van der Waals surface area contributed by atoms with Gasteiger partial charge in [-0.1, -0.05) is 18.2 Å². The van der Waals surface area contributed by atoms with E-state index in [9.17, 15) is 9.59 Å². The van der Waals surface area contributed by atoms with Crippen LogP contribution in [0, 0.1) is 0 Å². The fourth-order valence-corrected chi connectivity index (χ4v) is 3.84. The van der Waals surface area contributed by atoms with Crippen molar-refractivity contribution < 1.29 is 14.3 Å². The summed E-state index contributed by atoms with van der Waals surface area (Å²) in [5, 5.41) is 2.95. The van der Waals surface area contributed by atoms with E-state index < -0.39 is 0 Å². The van der Waals surface area contributed by atoms with E-state index in [4.69, 9.17) is 4.74 Å². The molecule has 0 radical (unpaired) electrons. The molecule has 0 saturated carbocycles. The molecule has 7 nitrogen and oxygen atoms in total. The number of ether oxygens (including phenoxy) is 1. The molecule has 2 heterocycles. The smallest absolute Gasteiger partial charge is 0.409 e. The number of benzene rings is 2. The van der Waals surface area contributed by atoms with E-state index in [0.29, 0.717) is 32.8 Å². The lowest BCUT2D eigenvalue weighted by Gasteiger charge is -2.34. The van der Waals surface area contributed by atoms with Crippen LogP contribution in [-0.4, -0.2) is 61.3 Å². The number of carbonyl (C=O) groups is 2. The Morgan fingerprint density at radius 2 is 1.62 bits per heavy atom. The molecule has 2 aliphatic rings. The number of hydrogen-bond acceptors (Lipinski definition) is 4. The van der Waals surface area contributed by atoms with Gasteiger partial charge in [-0.2, -0.15) is 0 Å². The maximum atomic E-state index is 12.5. The van der Waals surface area contributed by atoms with Gasteiger partial charge in [-0.05, 0) is 49.2 Å². The Morgan fingerprint density at radius 3 is 2.34 bits per heavy atom. The zero-order chi connectivity index (χ0) is 20.2. The average Bonchev–Trinajstić information content (AvgIpc) is 3.19. The van der Waals surface area contributed by atoms with Crippen molar-refractivity contribution in [2.45, 2.75) is 13.3 Å². The van der Waals surface area contributed by atoms with E-state index in [1.807, 2.05) is 24.3 Å². The molecule has 1 fully saturated rings. The second kappa shape index (κ2) is 8.43. The Kier molecular flexibility index (Phi) is 5.55. The van der Waals surface area contributed by atoms with Crippen LogP contribution < -0.4 is 10.2 Å². The highest BCUT2D eigenvalue weighted by molar-refractivity contribution is 5.90. The Labute approximate surface area is 170 Å². The third-order valence-electron chi connectivity index (χ3n) is 5.41. The number of carbonyl (C=O) groups excluding carboxylic acids is 2. The Bertz CT molecular complexity index is 876. The summed E-state index contributed by atoms with van der Waals surface area (Å²) in [5.74, 6) is 0. The van der Waals surface area contributed by atoms with Crippen LogP contribution in [0.3, 0.4) is 0 Å². The van der Waals surface area contributed by atoms with E-state index in [1.165, 1.54) is 11.3 Å². The SMILES string of the molecule is CCOC(=O)N1CCN(C(=O)Nc2ccc(N3CCc4ccccc43)cc2)CC1. The highest BCUT2D eigenvalue weighted by Gasteiger charge is 2.25. The molecule has 0 aromatic heterocycles. The predicted molar refractivity (Wildman–Crippen MR) is 113 cm³/mol. The molecule has 2 aliphatic heterocycles. The second-order valence-corrected chi connectivity index (χ2v) is 7.18. The van der Waals surface area contributed by atoms with Gasteiger partial charge >= 0.3 is 12.1 Å². The highest BCUT2D eigenvalue weighted by atomic mass is 16.6. The predicted octanol–water partition coefficient (Wildman–Crippen LogP) is 3.69. The molecule has 0 aliphatic carbocycles. The molecule has 0 spiro atoms. The minimum atomic E-state index is -0.313. The number of amides is 3. The van der Waals surface area contributed by atoms with Crippen LogP contribution in [0.1, 0.15) is 12.5 Å². The van der Waals surface area contributed by atoms with E-state index >= 15 is 0 Å². The number of piperazine rings is 1. The van der Waals surface area contributed by atoms with Gasteiger partial charge in [0.25, 0.3) is 0 Å². The molecule has 7 heteroatoms. The van der Waals surface area contributed by atoms with E-state index in [1.54, 1.807) is 16.7 Å². The molecule has 29 heavy (non-hydrogen) atoms. The summed E-state index contributed by atoms with van der Waals surface area (Å²) in [7, 11) is 0. The second-order valence-electron chi connectivity index (χ2n) is 7.18. The average molecular weight is 394 g/mol. The molecule has 1 N–H and O–H groups in total. The van der Waals surface area contributed by atoms with Crippen LogP contribution in [0.15, 0.2) is 48.5 Å². The van der Waals surface area contributed by atoms with Gasteiger partial charge in [0.05, 0.1) is 6.61 Å². The Hall–Kier alpha value is -3.22. The lowest BCUT2D eigenvalue weighted by molar-refractivity contribution is 0.0868. The number of urea groups is 1. The van der Waals surface area contributed by atoms with Crippen molar-refractivity contribution in [1.82, 2.24) is 9.80 Å². The summed E-state index contributed by atoms with van der Waals surface area (Å²) in [6.45, 7) is 5.07. The summed E-state index contributed by atoms with van der Waals surface area (Å²) in [4.78, 5) is 30.0.